The summed E-state index contributed by atoms with van der Waals surface area (Å²) in [4.78, 5) is 15.6. The highest BCUT2D eigenvalue weighted by Gasteiger charge is 2.34. The summed E-state index contributed by atoms with van der Waals surface area (Å²) in [5, 5.41) is -0.550. The van der Waals surface area contributed by atoms with Gasteiger partial charge in [0.05, 0.1) is 5.69 Å². The number of para-hydroxylation sites is 1. The Balaban J connectivity index is 1.67. The van der Waals surface area contributed by atoms with E-state index < -0.39 is 5.25 Å². The Hall–Kier alpha value is -2.79. The van der Waals surface area contributed by atoms with Gasteiger partial charge in [0, 0.05) is 17.5 Å². The minimum Gasteiger partial charge on any atom is -0.489 e. The molecule has 1 aliphatic heterocycles. The lowest BCUT2D eigenvalue weighted by molar-refractivity contribution is -0.118. The standard InChI is InChI=1S/C22H18FNO2S/c1-24-18-9-5-6-10-20(18)27-21(22(24)25)17-13-16(23)11-12-19(17)26-14-15-7-3-2-4-8-15/h2-13,21H,14H2,1H3. The molecule has 1 atom stereocenters. The summed E-state index contributed by atoms with van der Waals surface area (Å²) in [6.07, 6.45) is 0. The lowest BCUT2D eigenvalue weighted by Gasteiger charge is -2.31. The third-order valence-corrected chi connectivity index (χ3v) is 5.81. The Morgan fingerprint density at radius 1 is 1.04 bits per heavy atom. The first-order valence-corrected chi connectivity index (χ1v) is 9.51. The molecule has 0 radical (unpaired) electrons. The summed E-state index contributed by atoms with van der Waals surface area (Å²) >= 11 is 1.43. The fourth-order valence-corrected chi connectivity index (χ4v) is 4.40. The van der Waals surface area contributed by atoms with Gasteiger partial charge in [0.2, 0.25) is 5.91 Å². The number of hydrogen-bond acceptors (Lipinski definition) is 3. The number of rotatable bonds is 4. The quantitative estimate of drug-likeness (QED) is 0.623. The zero-order chi connectivity index (χ0) is 18.8. The van der Waals surface area contributed by atoms with Gasteiger partial charge in [-0.3, -0.25) is 4.79 Å². The summed E-state index contributed by atoms with van der Waals surface area (Å²) < 4.78 is 19.9. The molecule has 0 spiro atoms. The highest BCUT2D eigenvalue weighted by Crippen LogP contribution is 2.48. The Morgan fingerprint density at radius 3 is 2.59 bits per heavy atom. The van der Waals surface area contributed by atoms with E-state index in [-0.39, 0.29) is 11.7 Å². The number of amides is 1. The number of benzene rings is 3. The summed E-state index contributed by atoms with van der Waals surface area (Å²) in [5.41, 5.74) is 2.44. The largest absolute Gasteiger partial charge is 0.489 e. The topological polar surface area (TPSA) is 29.5 Å². The molecule has 1 aliphatic rings. The van der Waals surface area contributed by atoms with Gasteiger partial charge < -0.3 is 9.64 Å². The molecule has 136 valence electrons. The second-order valence-electron chi connectivity index (χ2n) is 6.32. The SMILES string of the molecule is CN1C(=O)C(c2cc(F)ccc2OCc2ccccc2)Sc2ccccc21. The van der Waals surface area contributed by atoms with E-state index in [9.17, 15) is 9.18 Å². The van der Waals surface area contributed by atoms with Gasteiger partial charge in [0.25, 0.3) is 0 Å². The number of likely N-dealkylation sites (N-methyl/N-ethyl adjacent to an activating group) is 1. The summed E-state index contributed by atoms with van der Waals surface area (Å²) in [7, 11) is 1.75. The zero-order valence-corrected chi connectivity index (χ0v) is 15.6. The van der Waals surface area contributed by atoms with Crippen LogP contribution in [0.1, 0.15) is 16.4 Å². The Labute approximate surface area is 161 Å². The van der Waals surface area contributed by atoms with Crippen molar-refractivity contribution >= 4 is 23.4 Å². The van der Waals surface area contributed by atoms with E-state index in [2.05, 4.69) is 0 Å². The average molecular weight is 379 g/mol. The number of fused-ring (bicyclic) bond motifs is 1. The number of carbonyl (C=O) groups is 1. The first-order chi connectivity index (χ1) is 13.1. The molecule has 0 bridgehead atoms. The van der Waals surface area contributed by atoms with Crippen LogP contribution in [0.15, 0.2) is 77.7 Å². The van der Waals surface area contributed by atoms with Crippen molar-refractivity contribution in [1.29, 1.82) is 0 Å². The summed E-state index contributed by atoms with van der Waals surface area (Å²) in [6.45, 7) is 0.359. The maximum absolute atomic E-state index is 14.0. The minimum absolute atomic E-state index is 0.0890. The number of carbonyl (C=O) groups excluding carboxylic acids is 1. The van der Waals surface area contributed by atoms with Crippen LogP contribution in [0.25, 0.3) is 0 Å². The third-order valence-electron chi connectivity index (χ3n) is 4.52. The van der Waals surface area contributed by atoms with Crippen molar-refractivity contribution in [2.75, 3.05) is 11.9 Å². The van der Waals surface area contributed by atoms with Gasteiger partial charge in [-0.1, -0.05) is 42.5 Å². The minimum atomic E-state index is -0.550. The van der Waals surface area contributed by atoms with Crippen LogP contribution in [0, 0.1) is 5.82 Å². The molecule has 0 saturated heterocycles. The van der Waals surface area contributed by atoms with E-state index in [1.54, 1.807) is 18.0 Å². The van der Waals surface area contributed by atoms with Gasteiger partial charge >= 0.3 is 0 Å². The van der Waals surface area contributed by atoms with E-state index >= 15 is 0 Å². The third kappa shape index (κ3) is 3.55. The normalized spacial score (nSPS) is 16.1. The molecule has 1 heterocycles. The molecule has 3 nitrogen and oxygen atoms in total. The number of nitrogens with zero attached hydrogens (tertiary/aromatic N) is 1. The maximum Gasteiger partial charge on any atom is 0.244 e. The van der Waals surface area contributed by atoms with Crippen molar-refractivity contribution in [3.05, 3.63) is 89.7 Å². The number of ether oxygens (including phenoxy) is 1. The molecule has 0 saturated carbocycles. The molecule has 4 rings (SSSR count). The number of anilines is 1. The molecular weight excluding hydrogens is 361 g/mol. The highest BCUT2D eigenvalue weighted by molar-refractivity contribution is 8.00. The number of hydrogen-bond donors (Lipinski definition) is 0. The van der Waals surface area contributed by atoms with Crippen LogP contribution in [0.5, 0.6) is 5.75 Å². The molecule has 0 fully saturated rings. The van der Waals surface area contributed by atoms with Gasteiger partial charge in [-0.15, -0.1) is 11.8 Å². The molecule has 0 aliphatic carbocycles. The second kappa shape index (κ2) is 7.45. The molecule has 27 heavy (non-hydrogen) atoms. The van der Waals surface area contributed by atoms with Crippen LogP contribution < -0.4 is 9.64 Å². The van der Waals surface area contributed by atoms with Crippen molar-refractivity contribution in [1.82, 2.24) is 0 Å². The smallest absolute Gasteiger partial charge is 0.244 e. The van der Waals surface area contributed by atoms with Crippen LogP contribution in [-0.2, 0) is 11.4 Å². The van der Waals surface area contributed by atoms with Gasteiger partial charge in [-0.2, -0.15) is 0 Å². The van der Waals surface area contributed by atoms with Gasteiger partial charge in [-0.05, 0) is 35.9 Å². The maximum atomic E-state index is 14.0. The van der Waals surface area contributed by atoms with Gasteiger partial charge in [0.15, 0.2) is 0 Å². The van der Waals surface area contributed by atoms with Crippen LogP contribution in [0.3, 0.4) is 0 Å². The lowest BCUT2D eigenvalue weighted by Crippen LogP contribution is -2.33. The molecule has 3 aromatic carbocycles. The molecule has 0 aromatic heterocycles. The molecule has 5 heteroatoms. The molecule has 3 aromatic rings. The monoisotopic (exact) mass is 379 g/mol. The number of thioether (sulfide) groups is 1. The summed E-state index contributed by atoms with van der Waals surface area (Å²) in [6, 6.07) is 21.8. The molecule has 0 N–H and O–H groups in total. The van der Waals surface area contributed by atoms with Gasteiger partial charge in [-0.25, -0.2) is 4.39 Å². The Morgan fingerprint density at radius 2 is 1.78 bits per heavy atom. The first kappa shape index (κ1) is 17.6. The molecule has 1 amide bonds. The van der Waals surface area contributed by atoms with Crippen molar-refractivity contribution in [3.8, 4) is 5.75 Å². The van der Waals surface area contributed by atoms with Crippen molar-refractivity contribution in [2.24, 2.45) is 0 Å². The van der Waals surface area contributed by atoms with E-state index in [1.165, 1.54) is 23.9 Å². The van der Waals surface area contributed by atoms with Crippen molar-refractivity contribution < 1.29 is 13.9 Å². The van der Waals surface area contributed by atoms with E-state index in [0.717, 1.165) is 16.1 Å². The van der Waals surface area contributed by atoms with E-state index in [4.69, 9.17) is 4.74 Å². The van der Waals surface area contributed by atoms with Crippen molar-refractivity contribution in [2.45, 2.75) is 16.8 Å². The van der Waals surface area contributed by atoms with Crippen LogP contribution in [0.2, 0.25) is 0 Å². The summed E-state index contributed by atoms with van der Waals surface area (Å²) in [5.74, 6) is 0.0553. The fraction of sp³-hybridized carbons (Fsp3) is 0.136. The average Bonchev–Trinajstić information content (AvgIpc) is 2.70. The molecular formula is C22H18FNO2S. The fourth-order valence-electron chi connectivity index (χ4n) is 3.09. The lowest BCUT2D eigenvalue weighted by atomic mass is 10.1. The van der Waals surface area contributed by atoms with Gasteiger partial charge in [0.1, 0.15) is 23.4 Å². The van der Waals surface area contributed by atoms with E-state index in [1.807, 2.05) is 54.6 Å². The Kier molecular flexibility index (Phi) is 4.86. The van der Waals surface area contributed by atoms with E-state index in [0.29, 0.717) is 17.9 Å². The van der Waals surface area contributed by atoms with Crippen molar-refractivity contribution in [3.63, 3.8) is 0 Å². The van der Waals surface area contributed by atoms with Crippen LogP contribution in [-0.4, -0.2) is 13.0 Å². The molecule has 1 unspecified atom stereocenters. The highest BCUT2D eigenvalue weighted by atomic mass is 32.2. The number of halogens is 1. The van der Waals surface area contributed by atoms with Crippen LogP contribution in [0.4, 0.5) is 10.1 Å². The van der Waals surface area contributed by atoms with Crippen LogP contribution >= 0.6 is 11.8 Å². The predicted octanol–water partition coefficient (Wildman–Crippen LogP) is 5.21. The predicted molar refractivity (Wildman–Crippen MR) is 106 cm³/mol. The zero-order valence-electron chi connectivity index (χ0n) is 14.8. The first-order valence-electron chi connectivity index (χ1n) is 8.63. The second-order valence-corrected chi connectivity index (χ2v) is 7.47. The Bertz CT molecular complexity index is 977.